The summed E-state index contributed by atoms with van der Waals surface area (Å²) in [6, 6.07) is 25.6. The Hall–Kier alpha value is -3.34. The van der Waals surface area contributed by atoms with Gasteiger partial charge in [0, 0.05) is 29.9 Å². The number of carbonyl (C=O) groups excluding carboxylic acids is 1. The fourth-order valence-corrected chi connectivity index (χ4v) is 10.2. The molecule has 4 atom stereocenters. The molecule has 4 aromatic carbocycles. The lowest BCUT2D eigenvalue weighted by Gasteiger charge is -2.51. The van der Waals surface area contributed by atoms with E-state index >= 15 is 0 Å². The third-order valence-corrected chi connectivity index (χ3v) is 13.1. The highest BCUT2D eigenvalue weighted by Crippen LogP contribution is 2.48. The van der Waals surface area contributed by atoms with E-state index in [1.54, 1.807) is 72.8 Å². The lowest BCUT2D eigenvalue weighted by molar-refractivity contribution is -0.132. The molecule has 0 aliphatic carbocycles. The van der Waals surface area contributed by atoms with Gasteiger partial charge in [-0.3, -0.25) is 4.79 Å². The Morgan fingerprint density at radius 1 is 0.622 bits per heavy atom. The summed E-state index contributed by atoms with van der Waals surface area (Å²) in [4.78, 5) is 14.3. The van der Waals surface area contributed by atoms with Crippen molar-refractivity contribution in [3.63, 3.8) is 0 Å². The first kappa shape index (κ1) is 31.6. The van der Waals surface area contributed by atoms with Crippen molar-refractivity contribution in [2.75, 3.05) is 6.54 Å². The first-order valence-electron chi connectivity index (χ1n) is 14.9. The standard InChI is InChI=1S/C35H35ClN2O5S2/c1-23-4-10-27(11-5-23)33-21-35(39)31-22-37(44(40,41)29-16-6-24(2)7-17-29)32(26-12-14-28(36)15-13-26)20-34(31)38(33)45(42,43)30-18-8-25(3)9-19-30/h4-19,31-34H,20-22H2,1-3H3/t31-,32+,33+,34+/m1/s1. The summed E-state index contributed by atoms with van der Waals surface area (Å²) in [5.74, 6) is -1.00. The molecule has 7 nitrogen and oxygen atoms in total. The van der Waals surface area contributed by atoms with Crippen molar-refractivity contribution in [1.29, 1.82) is 0 Å². The average Bonchev–Trinajstić information content (AvgIpc) is 3.01. The van der Waals surface area contributed by atoms with E-state index in [1.165, 1.54) is 8.61 Å². The number of ketones is 1. The average molecular weight is 663 g/mol. The number of benzene rings is 4. The third-order valence-electron chi connectivity index (χ3n) is 9.04. The van der Waals surface area contributed by atoms with E-state index in [4.69, 9.17) is 11.6 Å². The molecule has 0 radical (unpaired) electrons. The molecule has 0 aromatic heterocycles. The van der Waals surface area contributed by atoms with Crippen molar-refractivity contribution in [2.24, 2.45) is 5.92 Å². The maximum absolute atomic E-state index is 14.6. The Labute approximate surface area is 270 Å². The van der Waals surface area contributed by atoms with Gasteiger partial charge in [0.25, 0.3) is 0 Å². The largest absolute Gasteiger partial charge is 0.299 e. The van der Waals surface area contributed by atoms with Gasteiger partial charge in [-0.25, -0.2) is 16.8 Å². The van der Waals surface area contributed by atoms with Crippen LogP contribution in [0.5, 0.6) is 0 Å². The quantitative estimate of drug-likeness (QED) is 0.227. The van der Waals surface area contributed by atoms with Crippen LogP contribution in [-0.2, 0) is 24.8 Å². The lowest BCUT2D eigenvalue weighted by Crippen LogP contribution is -2.60. The number of fused-ring (bicyclic) bond motifs is 1. The Kier molecular flexibility index (Phi) is 8.52. The predicted molar refractivity (Wildman–Crippen MR) is 175 cm³/mol. The molecular weight excluding hydrogens is 628 g/mol. The fraction of sp³-hybridized carbons (Fsp3) is 0.286. The van der Waals surface area contributed by atoms with Crippen LogP contribution in [0, 0.1) is 26.7 Å². The van der Waals surface area contributed by atoms with E-state index in [-0.39, 0.29) is 35.0 Å². The fourth-order valence-electron chi connectivity index (χ4n) is 6.54. The summed E-state index contributed by atoms with van der Waals surface area (Å²) < 4.78 is 60.5. The van der Waals surface area contributed by atoms with Crippen LogP contribution >= 0.6 is 11.6 Å². The molecule has 0 amide bonds. The maximum Gasteiger partial charge on any atom is 0.243 e. The van der Waals surface area contributed by atoms with Crippen LogP contribution in [0.4, 0.5) is 0 Å². The van der Waals surface area contributed by atoms with E-state index in [0.717, 1.165) is 22.3 Å². The zero-order valence-electron chi connectivity index (χ0n) is 25.3. The summed E-state index contributed by atoms with van der Waals surface area (Å²) in [5, 5.41) is 0.497. The number of piperidine rings is 2. The highest BCUT2D eigenvalue weighted by atomic mass is 35.5. The van der Waals surface area contributed by atoms with Crippen molar-refractivity contribution in [3.8, 4) is 0 Å². The molecule has 0 bridgehead atoms. The van der Waals surface area contributed by atoms with E-state index in [9.17, 15) is 21.6 Å². The molecule has 0 saturated carbocycles. The molecule has 2 saturated heterocycles. The van der Waals surface area contributed by atoms with Crippen molar-refractivity contribution >= 4 is 37.4 Å². The zero-order valence-corrected chi connectivity index (χ0v) is 27.7. The molecule has 0 N–H and O–H groups in total. The molecule has 0 spiro atoms. The molecule has 0 unspecified atom stereocenters. The van der Waals surface area contributed by atoms with Crippen LogP contribution in [0.25, 0.3) is 0 Å². The minimum Gasteiger partial charge on any atom is -0.299 e. The van der Waals surface area contributed by atoms with Crippen LogP contribution in [0.2, 0.25) is 5.02 Å². The van der Waals surface area contributed by atoms with Gasteiger partial charge in [0.1, 0.15) is 5.78 Å². The second-order valence-corrected chi connectivity index (χ2v) is 16.3. The number of Topliss-reactive ketones (excluding diaryl/α,β-unsaturated/α-hetero) is 1. The molecule has 4 aromatic rings. The summed E-state index contributed by atoms with van der Waals surface area (Å²) in [6.07, 6.45) is 0.0376. The number of carbonyl (C=O) groups is 1. The number of hydrogen-bond acceptors (Lipinski definition) is 5. The highest BCUT2D eigenvalue weighted by Gasteiger charge is 2.54. The van der Waals surface area contributed by atoms with Crippen LogP contribution < -0.4 is 0 Å². The van der Waals surface area contributed by atoms with Crippen LogP contribution in [0.15, 0.2) is 107 Å². The molecule has 2 fully saturated rings. The van der Waals surface area contributed by atoms with Gasteiger partial charge < -0.3 is 0 Å². The summed E-state index contributed by atoms with van der Waals surface area (Å²) >= 11 is 6.21. The Morgan fingerprint density at radius 3 is 1.60 bits per heavy atom. The van der Waals surface area contributed by atoms with Crippen molar-refractivity contribution in [2.45, 2.75) is 61.5 Å². The third kappa shape index (κ3) is 6.00. The van der Waals surface area contributed by atoms with Gasteiger partial charge in [0.05, 0.1) is 21.9 Å². The van der Waals surface area contributed by atoms with Crippen molar-refractivity contribution in [1.82, 2.24) is 8.61 Å². The number of aryl methyl sites for hydroxylation is 3. The van der Waals surface area contributed by atoms with Crippen molar-refractivity contribution in [3.05, 3.63) is 130 Å². The van der Waals surface area contributed by atoms with Gasteiger partial charge in [0.2, 0.25) is 20.0 Å². The molecule has 45 heavy (non-hydrogen) atoms. The van der Waals surface area contributed by atoms with E-state index in [1.807, 2.05) is 45.0 Å². The summed E-state index contributed by atoms with van der Waals surface area (Å²) in [5.41, 5.74) is 4.26. The molecule has 2 aliphatic heterocycles. The maximum atomic E-state index is 14.6. The minimum atomic E-state index is -4.11. The molecule has 10 heteroatoms. The first-order chi connectivity index (χ1) is 21.4. The van der Waals surface area contributed by atoms with Gasteiger partial charge in [0.15, 0.2) is 0 Å². The minimum absolute atomic E-state index is 0.0562. The number of hydrogen-bond donors (Lipinski definition) is 0. The number of nitrogens with zero attached hydrogens (tertiary/aromatic N) is 2. The normalized spacial score (nSPS) is 23.1. The van der Waals surface area contributed by atoms with Gasteiger partial charge in [-0.15, -0.1) is 0 Å². The lowest BCUT2D eigenvalue weighted by atomic mass is 9.77. The second kappa shape index (κ2) is 12.1. The first-order valence-corrected chi connectivity index (χ1v) is 18.2. The monoisotopic (exact) mass is 662 g/mol. The van der Waals surface area contributed by atoms with Crippen LogP contribution in [0.3, 0.4) is 0 Å². The van der Waals surface area contributed by atoms with Crippen LogP contribution in [-0.4, -0.2) is 43.8 Å². The SMILES string of the molecule is Cc1ccc([C@@H]2CC(=O)[C@@H]3CN(S(=O)(=O)c4ccc(C)cc4)[C@H](c4ccc(Cl)cc4)C[C@@H]3N2S(=O)(=O)c2ccc(C)cc2)cc1. The van der Waals surface area contributed by atoms with Crippen LogP contribution in [0.1, 0.15) is 52.7 Å². The van der Waals surface area contributed by atoms with E-state index in [2.05, 4.69) is 0 Å². The van der Waals surface area contributed by atoms with Gasteiger partial charge in [-0.1, -0.05) is 89.0 Å². The van der Waals surface area contributed by atoms with E-state index < -0.39 is 44.1 Å². The zero-order chi connectivity index (χ0) is 32.1. The van der Waals surface area contributed by atoms with Gasteiger partial charge >= 0.3 is 0 Å². The molecule has 6 rings (SSSR count). The molecule has 2 aliphatic rings. The Balaban J connectivity index is 1.51. The number of halogens is 1. The Bertz CT molecular complexity index is 1930. The van der Waals surface area contributed by atoms with Crippen molar-refractivity contribution < 1.29 is 21.6 Å². The topological polar surface area (TPSA) is 91.8 Å². The molecule has 2 heterocycles. The number of sulfonamides is 2. The predicted octanol–water partition coefficient (Wildman–Crippen LogP) is 6.79. The Morgan fingerprint density at radius 2 is 1.07 bits per heavy atom. The second-order valence-electron chi connectivity index (χ2n) is 12.1. The van der Waals surface area contributed by atoms with E-state index in [0.29, 0.717) is 10.6 Å². The smallest absolute Gasteiger partial charge is 0.243 e. The van der Waals surface area contributed by atoms with Gasteiger partial charge in [-0.05, 0) is 74.7 Å². The summed E-state index contributed by atoms with van der Waals surface area (Å²) in [6.45, 7) is 5.58. The molecule has 234 valence electrons. The summed E-state index contributed by atoms with van der Waals surface area (Å²) in [7, 11) is -8.17. The number of rotatable bonds is 6. The van der Waals surface area contributed by atoms with Gasteiger partial charge in [-0.2, -0.15) is 8.61 Å². The molecular formula is C35H35ClN2O5S2. The highest BCUT2D eigenvalue weighted by molar-refractivity contribution is 7.89.